The minimum Gasteiger partial charge on any atom is -0.477 e. The lowest BCUT2D eigenvalue weighted by atomic mass is 9.97. The van der Waals surface area contributed by atoms with Crippen LogP contribution in [0.2, 0.25) is 0 Å². The number of rotatable bonds is 7. The monoisotopic (exact) mass is 422 g/mol. The van der Waals surface area contributed by atoms with Crippen LogP contribution in [-0.2, 0) is 29.0 Å². The van der Waals surface area contributed by atoms with Gasteiger partial charge in [0.25, 0.3) is 0 Å². The number of aromatic nitrogens is 1. The smallest absolute Gasteiger partial charge is 0.336 e. The molecule has 7 heteroatoms. The fraction of sp³-hybridized carbons (Fsp3) is 0.375. The summed E-state index contributed by atoms with van der Waals surface area (Å²) < 4.78 is 17.0. The van der Waals surface area contributed by atoms with Gasteiger partial charge in [-0.3, -0.25) is 14.7 Å². The van der Waals surface area contributed by atoms with Gasteiger partial charge < -0.3 is 13.9 Å². The van der Waals surface area contributed by atoms with Gasteiger partial charge in [-0.25, -0.2) is 4.79 Å². The molecule has 7 nitrogen and oxygen atoms in total. The molecule has 0 saturated heterocycles. The summed E-state index contributed by atoms with van der Waals surface area (Å²) in [6, 6.07) is 7.40. The number of carbonyl (C=O) groups excluding carboxylic acids is 1. The maximum absolute atomic E-state index is 12.1. The number of benzene rings is 1. The van der Waals surface area contributed by atoms with Gasteiger partial charge in [-0.1, -0.05) is 6.92 Å². The van der Waals surface area contributed by atoms with Crippen molar-refractivity contribution in [2.75, 3.05) is 13.3 Å². The minimum absolute atomic E-state index is 0.220. The molecule has 3 heterocycles. The van der Waals surface area contributed by atoms with Crippen molar-refractivity contribution < 1.29 is 18.7 Å². The van der Waals surface area contributed by atoms with Crippen LogP contribution in [0.4, 0.5) is 0 Å². The van der Waals surface area contributed by atoms with E-state index in [0.29, 0.717) is 44.2 Å². The number of ether oxygens (including phenoxy) is 2. The SMILES string of the molecule is CCCOC(=O)CCc1cc2c(C)cc(=O)oc2c2c1OCN(Cc1ccncc1)C2. The fourth-order valence-corrected chi connectivity index (χ4v) is 3.87. The Bertz CT molecular complexity index is 1140. The number of hydrogen-bond acceptors (Lipinski definition) is 7. The summed E-state index contributed by atoms with van der Waals surface area (Å²) >= 11 is 0. The Morgan fingerprint density at radius 3 is 2.84 bits per heavy atom. The first-order valence-corrected chi connectivity index (χ1v) is 10.5. The van der Waals surface area contributed by atoms with Crippen LogP contribution in [0.5, 0.6) is 5.75 Å². The van der Waals surface area contributed by atoms with Crippen molar-refractivity contribution in [1.82, 2.24) is 9.88 Å². The van der Waals surface area contributed by atoms with E-state index in [1.54, 1.807) is 12.4 Å². The highest BCUT2D eigenvalue weighted by atomic mass is 16.5. The standard InChI is InChI=1S/C24H26N2O5/c1-3-10-29-21(27)5-4-18-12-19-16(2)11-22(28)31-24(19)20-14-26(15-30-23(18)20)13-17-6-8-25-9-7-17/h6-9,11-12H,3-5,10,13-15H2,1-2H3. The normalized spacial score (nSPS) is 13.6. The van der Waals surface area contributed by atoms with Crippen LogP contribution < -0.4 is 10.4 Å². The van der Waals surface area contributed by atoms with E-state index < -0.39 is 0 Å². The molecule has 0 amide bonds. The first-order valence-electron chi connectivity index (χ1n) is 10.5. The highest BCUT2D eigenvalue weighted by Gasteiger charge is 2.25. The molecule has 2 aromatic heterocycles. The Morgan fingerprint density at radius 1 is 1.26 bits per heavy atom. The Balaban J connectivity index is 1.67. The lowest BCUT2D eigenvalue weighted by molar-refractivity contribution is -0.143. The molecule has 0 radical (unpaired) electrons. The summed E-state index contributed by atoms with van der Waals surface area (Å²) in [5, 5.41) is 0.865. The lowest BCUT2D eigenvalue weighted by Crippen LogP contribution is -2.32. The van der Waals surface area contributed by atoms with E-state index >= 15 is 0 Å². The first kappa shape index (κ1) is 21.1. The van der Waals surface area contributed by atoms with Gasteiger partial charge in [0.1, 0.15) is 18.1 Å². The maximum Gasteiger partial charge on any atom is 0.336 e. The topological polar surface area (TPSA) is 81.9 Å². The highest BCUT2D eigenvalue weighted by Crippen LogP contribution is 2.37. The highest BCUT2D eigenvalue weighted by molar-refractivity contribution is 5.86. The van der Waals surface area contributed by atoms with Gasteiger partial charge in [0.05, 0.1) is 12.2 Å². The van der Waals surface area contributed by atoms with Crippen LogP contribution in [0, 0.1) is 6.92 Å². The summed E-state index contributed by atoms with van der Waals surface area (Å²) in [5.41, 5.74) is 3.91. The molecule has 4 rings (SSSR count). The summed E-state index contributed by atoms with van der Waals surface area (Å²) in [6.45, 7) is 5.96. The zero-order valence-electron chi connectivity index (χ0n) is 17.8. The fourth-order valence-electron chi connectivity index (χ4n) is 3.87. The molecule has 0 aliphatic carbocycles. The second kappa shape index (κ2) is 9.31. The molecule has 162 valence electrons. The van der Waals surface area contributed by atoms with Crippen LogP contribution in [-0.4, -0.2) is 29.2 Å². The van der Waals surface area contributed by atoms with Gasteiger partial charge in [-0.2, -0.15) is 0 Å². The van der Waals surface area contributed by atoms with Gasteiger partial charge >= 0.3 is 11.6 Å². The number of aryl methyl sites for hydroxylation is 2. The number of nitrogens with zero attached hydrogens (tertiary/aromatic N) is 2. The third-order valence-electron chi connectivity index (χ3n) is 5.36. The molecule has 31 heavy (non-hydrogen) atoms. The number of hydrogen-bond donors (Lipinski definition) is 0. The summed E-state index contributed by atoms with van der Waals surface area (Å²) in [4.78, 5) is 30.3. The molecule has 0 saturated carbocycles. The first-order chi connectivity index (χ1) is 15.0. The summed E-state index contributed by atoms with van der Waals surface area (Å²) in [5.74, 6) is 0.484. The zero-order chi connectivity index (χ0) is 21.8. The quantitative estimate of drug-likeness (QED) is 0.424. The Labute approximate surface area is 180 Å². The van der Waals surface area contributed by atoms with Crippen molar-refractivity contribution in [1.29, 1.82) is 0 Å². The van der Waals surface area contributed by atoms with Gasteiger partial charge in [-0.05, 0) is 54.7 Å². The zero-order valence-corrected chi connectivity index (χ0v) is 17.8. The minimum atomic E-state index is -0.380. The predicted octanol–water partition coefficient (Wildman–Crippen LogP) is 3.73. The van der Waals surface area contributed by atoms with E-state index in [-0.39, 0.29) is 18.0 Å². The molecule has 1 aliphatic heterocycles. The summed E-state index contributed by atoms with van der Waals surface area (Å²) in [6.07, 6.45) is 5.11. The van der Waals surface area contributed by atoms with E-state index in [1.165, 1.54) is 6.07 Å². The van der Waals surface area contributed by atoms with Crippen LogP contribution in [0.3, 0.4) is 0 Å². The summed E-state index contributed by atoms with van der Waals surface area (Å²) in [7, 11) is 0. The van der Waals surface area contributed by atoms with E-state index in [0.717, 1.165) is 34.1 Å². The third kappa shape index (κ3) is 4.77. The molecular weight excluding hydrogens is 396 g/mol. The molecule has 0 fully saturated rings. The van der Waals surface area contributed by atoms with Crippen LogP contribution in [0.15, 0.2) is 45.9 Å². The van der Waals surface area contributed by atoms with Gasteiger partial charge in [0.15, 0.2) is 0 Å². The van der Waals surface area contributed by atoms with E-state index in [9.17, 15) is 9.59 Å². The molecule has 3 aromatic rings. The third-order valence-corrected chi connectivity index (χ3v) is 5.36. The second-order valence-corrected chi connectivity index (χ2v) is 7.80. The van der Waals surface area contributed by atoms with Crippen LogP contribution in [0.25, 0.3) is 11.0 Å². The Morgan fingerprint density at radius 2 is 2.06 bits per heavy atom. The molecule has 1 aromatic carbocycles. The molecular formula is C24H26N2O5. The number of esters is 1. The van der Waals surface area contributed by atoms with Gasteiger partial charge in [0.2, 0.25) is 0 Å². The molecule has 0 N–H and O–H groups in total. The lowest BCUT2D eigenvalue weighted by Gasteiger charge is -2.31. The van der Waals surface area contributed by atoms with Gasteiger partial charge in [0, 0.05) is 43.4 Å². The number of carbonyl (C=O) groups is 1. The maximum atomic E-state index is 12.1. The molecule has 0 unspecified atom stereocenters. The van der Waals surface area contributed by atoms with Crippen molar-refractivity contribution in [3.8, 4) is 5.75 Å². The Kier molecular flexibility index (Phi) is 6.32. The molecule has 1 aliphatic rings. The molecule has 0 bridgehead atoms. The van der Waals surface area contributed by atoms with Gasteiger partial charge in [-0.15, -0.1) is 0 Å². The number of fused-ring (bicyclic) bond motifs is 3. The number of pyridine rings is 1. The predicted molar refractivity (Wildman–Crippen MR) is 116 cm³/mol. The molecule has 0 atom stereocenters. The second-order valence-electron chi connectivity index (χ2n) is 7.80. The van der Waals surface area contributed by atoms with Crippen molar-refractivity contribution in [2.45, 2.75) is 46.2 Å². The van der Waals surface area contributed by atoms with E-state index in [1.807, 2.05) is 32.0 Å². The largest absolute Gasteiger partial charge is 0.477 e. The van der Waals surface area contributed by atoms with E-state index in [2.05, 4.69) is 9.88 Å². The Hall–Kier alpha value is -3.19. The van der Waals surface area contributed by atoms with Crippen molar-refractivity contribution in [2.24, 2.45) is 0 Å². The average molecular weight is 422 g/mol. The molecule has 0 spiro atoms. The van der Waals surface area contributed by atoms with Crippen molar-refractivity contribution >= 4 is 16.9 Å². The van der Waals surface area contributed by atoms with Crippen LogP contribution >= 0.6 is 0 Å². The van der Waals surface area contributed by atoms with Crippen LogP contribution in [0.1, 0.15) is 42.0 Å². The van der Waals surface area contributed by atoms with Crippen molar-refractivity contribution in [3.05, 3.63) is 69.3 Å². The average Bonchev–Trinajstić information content (AvgIpc) is 2.77. The van der Waals surface area contributed by atoms with Crippen molar-refractivity contribution in [3.63, 3.8) is 0 Å². The van der Waals surface area contributed by atoms with E-state index in [4.69, 9.17) is 13.9 Å².